The van der Waals surface area contributed by atoms with Gasteiger partial charge in [-0.25, -0.2) is 0 Å². The molecule has 0 aromatic carbocycles. The average Bonchev–Trinajstić information content (AvgIpc) is 2.52. The molecule has 0 bridgehead atoms. The minimum Gasteiger partial charge on any atom is -0.504 e. The summed E-state index contributed by atoms with van der Waals surface area (Å²) < 4.78 is 0. The van der Waals surface area contributed by atoms with E-state index in [1.165, 1.54) is 6.08 Å². The lowest BCUT2D eigenvalue weighted by Crippen LogP contribution is -2.63. The predicted molar refractivity (Wildman–Crippen MR) is 88.9 cm³/mol. The maximum atomic E-state index is 12.1. The Bertz CT molecular complexity index is 604. The van der Waals surface area contributed by atoms with E-state index in [-0.39, 0.29) is 36.6 Å². The van der Waals surface area contributed by atoms with Crippen LogP contribution in [-0.2, 0) is 4.79 Å². The number of fused-ring (bicyclic) bond motifs is 1. The van der Waals surface area contributed by atoms with Crippen LogP contribution in [0.2, 0.25) is 0 Å². The number of allylic oxidation sites excluding steroid dienone is 2. The number of ketones is 1. The minimum atomic E-state index is -1.31. The molecule has 2 rings (SSSR count). The van der Waals surface area contributed by atoms with Crippen molar-refractivity contribution < 1.29 is 20.1 Å². The summed E-state index contributed by atoms with van der Waals surface area (Å²) in [6.07, 6.45) is 4.71. The number of hydrogen-bond acceptors (Lipinski definition) is 5. The van der Waals surface area contributed by atoms with E-state index >= 15 is 0 Å². The lowest BCUT2D eigenvalue weighted by Gasteiger charge is -2.53. The molecular formula is C18H27NO4. The minimum absolute atomic E-state index is 0.0451. The first-order valence-electron chi connectivity index (χ1n) is 8.14. The quantitative estimate of drug-likeness (QED) is 0.594. The van der Waals surface area contributed by atoms with Crippen molar-refractivity contribution in [3.8, 4) is 0 Å². The van der Waals surface area contributed by atoms with Crippen LogP contribution < -0.4 is 5.73 Å². The van der Waals surface area contributed by atoms with Gasteiger partial charge in [-0.15, -0.1) is 0 Å². The third kappa shape index (κ3) is 2.72. The lowest BCUT2D eigenvalue weighted by molar-refractivity contribution is -0.147. The molecule has 0 radical (unpaired) electrons. The third-order valence-electron chi connectivity index (χ3n) is 5.71. The Morgan fingerprint density at radius 2 is 1.96 bits per heavy atom. The van der Waals surface area contributed by atoms with Crippen LogP contribution in [0.15, 0.2) is 34.8 Å². The normalized spacial score (nSPS) is 43.9. The van der Waals surface area contributed by atoms with Gasteiger partial charge in [-0.3, -0.25) is 4.79 Å². The van der Waals surface area contributed by atoms with Gasteiger partial charge in [0.2, 0.25) is 0 Å². The van der Waals surface area contributed by atoms with Crippen LogP contribution in [0.1, 0.15) is 52.9 Å². The first kappa shape index (κ1) is 17.8. The van der Waals surface area contributed by atoms with Gasteiger partial charge in [0.1, 0.15) is 5.78 Å². The summed E-state index contributed by atoms with van der Waals surface area (Å²) in [5.74, 6) is -0.493. The van der Waals surface area contributed by atoms with Gasteiger partial charge in [-0.05, 0) is 44.8 Å². The molecule has 1 saturated carbocycles. The molecule has 0 amide bonds. The predicted octanol–water partition coefficient (Wildman–Crippen LogP) is 2.82. The van der Waals surface area contributed by atoms with Gasteiger partial charge < -0.3 is 21.1 Å². The fourth-order valence-corrected chi connectivity index (χ4v) is 4.14. The molecule has 3 atom stereocenters. The topological polar surface area (TPSA) is 104 Å². The van der Waals surface area contributed by atoms with Crippen molar-refractivity contribution in [3.05, 3.63) is 34.8 Å². The van der Waals surface area contributed by atoms with Gasteiger partial charge in [-0.2, -0.15) is 0 Å². The molecule has 2 aliphatic rings. The molecule has 0 aliphatic heterocycles. The highest BCUT2D eigenvalue weighted by atomic mass is 16.3. The first-order chi connectivity index (χ1) is 10.7. The summed E-state index contributed by atoms with van der Waals surface area (Å²) in [7, 11) is 0. The molecule has 1 unspecified atom stereocenters. The second-order valence-corrected chi connectivity index (χ2v) is 6.92. The summed E-state index contributed by atoms with van der Waals surface area (Å²) in [6.45, 7) is 5.41. The fraction of sp³-hybridized carbons (Fsp3) is 0.611. The average molecular weight is 321 g/mol. The highest BCUT2D eigenvalue weighted by Crippen LogP contribution is 2.53. The number of carbonyl (C=O) groups excluding carboxylic acids is 1. The van der Waals surface area contributed by atoms with E-state index in [0.717, 1.165) is 5.57 Å². The van der Waals surface area contributed by atoms with E-state index in [9.17, 15) is 20.1 Å². The van der Waals surface area contributed by atoms with Gasteiger partial charge in [0.05, 0.1) is 5.60 Å². The molecule has 0 aromatic heterocycles. The number of carbonyl (C=O) groups is 1. The maximum Gasteiger partial charge on any atom is 0.157 e. The number of rotatable bonds is 1. The molecule has 0 saturated heterocycles. The Morgan fingerprint density at radius 3 is 2.57 bits per heavy atom. The summed E-state index contributed by atoms with van der Waals surface area (Å²) in [5, 5.41) is 32.1. The van der Waals surface area contributed by atoms with Crippen molar-refractivity contribution in [3.63, 3.8) is 0 Å². The number of Topliss-reactive ketones (excluding diaryl/α,β-unsaturated/α-hetero) is 1. The number of aliphatic hydroxyl groups is 3. The Hall–Kier alpha value is -1.59. The second-order valence-electron chi connectivity index (χ2n) is 6.92. The SMILES string of the molecule is CC[C@]12CC(=O)CC[C@@]1(O)C(N)C/C(C)=C/C=C(O)\C(O)=C\2C. The van der Waals surface area contributed by atoms with E-state index in [1.54, 1.807) is 13.0 Å². The van der Waals surface area contributed by atoms with E-state index in [4.69, 9.17) is 5.73 Å². The van der Waals surface area contributed by atoms with Crippen molar-refractivity contribution in [2.75, 3.05) is 0 Å². The van der Waals surface area contributed by atoms with Crippen LogP contribution in [0.25, 0.3) is 0 Å². The zero-order valence-electron chi connectivity index (χ0n) is 14.1. The van der Waals surface area contributed by atoms with Gasteiger partial charge in [0.25, 0.3) is 0 Å². The molecule has 2 aliphatic carbocycles. The number of aliphatic hydroxyl groups excluding tert-OH is 2. The van der Waals surface area contributed by atoms with E-state index < -0.39 is 17.1 Å². The largest absolute Gasteiger partial charge is 0.504 e. The van der Waals surface area contributed by atoms with Crippen LogP contribution in [0.4, 0.5) is 0 Å². The van der Waals surface area contributed by atoms with Crippen LogP contribution >= 0.6 is 0 Å². The van der Waals surface area contributed by atoms with Crippen molar-refractivity contribution in [1.82, 2.24) is 0 Å². The lowest BCUT2D eigenvalue weighted by atomic mass is 9.54. The first-order valence-corrected chi connectivity index (χ1v) is 8.14. The molecule has 0 heterocycles. The summed E-state index contributed by atoms with van der Waals surface area (Å²) in [5.41, 5.74) is 5.41. The molecule has 1 fully saturated rings. The molecular weight excluding hydrogens is 294 g/mol. The van der Waals surface area contributed by atoms with Crippen molar-refractivity contribution in [2.24, 2.45) is 11.1 Å². The second kappa shape index (κ2) is 6.13. The van der Waals surface area contributed by atoms with Gasteiger partial charge >= 0.3 is 0 Å². The Balaban J connectivity index is 2.75. The number of hydrogen-bond donors (Lipinski definition) is 4. The van der Waals surface area contributed by atoms with Crippen LogP contribution in [0.3, 0.4) is 0 Å². The monoisotopic (exact) mass is 321 g/mol. The van der Waals surface area contributed by atoms with Crippen molar-refractivity contribution in [1.29, 1.82) is 0 Å². The Morgan fingerprint density at radius 1 is 1.30 bits per heavy atom. The summed E-state index contributed by atoms with van der Waals surface area (Å²) in [6, 6.07) is -0.553. The van der Waals surface area contributed by atoms with Crippen LogP contribution in [0.5, 0.6) is 0 Å². The highest BCUT2D eigenvalue weighted by molar-refractivity contribution is 5.81. The Kier molecular flexibility index (Phi) is 4.74. The van der Waals surface area contributed by atoms with Gasteiger partial charge in [0, 0.05) is 24.3 Å². The zero-order valence-corrected chi connectivity index (χ0v) is 14.1. The van der Waals surface area contributed by atoms with Gasteiger partial charge in [0.15, 0.2) is 11.5 Å². The van der Waals surface area contributed by atoms with Gasteiger partial charge in [-0.1, -0.05) is 18.6 Å². The molecule has 0 spiro atoms. The smallest absolute Gasteiger partial charge is 0.157 e. The van der Waals surface area contributed by atoms with E-state index in [2.05, 4.69) is 0 Å². The highest BCUT2D eigenvalue weighted by Gasteiger charge is 2.57. The molecule has 5 N–H and O–H groups in total. The summed E-state index contributed by atoms with van der Waals surface area (Å²) in [4.78, 5) is 12.1. The van der Waals surface area contributed by atoms with E-state index in [0.29, 0.717) is 18.4 Å². The fourth-order valence-electron chi connectivity index (χ4n) is 4.14. The summed E-state index contributed by atoms with van der Waals surface area (Å²) >= 11 is 0. The Labute approximate surface area is 137 Å². The number of nitrogens with two attached hydrogens (primary N) is 1. The molecule has 5 heteroatoms. The standard InChI is InChI=1S/C18H27NO4/c1-4-17-10-13(20)7-8-18(17,23)15(19)9-11(2)5-6-14(21)16(22)12(17)3/h5-6,15,21-23H,4,7-10,19H2,1-3H3/b11-5+,14-6+,16-12-/t15?,17-,18-/m1/s1. The maximum absolute atomic E-state index is 12.1. The zero-order chi connectivity index (χ0) is 17.4. The van der Waals surface area contributed by atoms with Crippen molar-refractivity contribution >= 4 is 5.78 Å². The van der Waals surface area contributed by atoms with Crippen molar-refractivity contribution in [2.45, 2.75) is 64.5 Å². The van der Waals surface area contributed by atoms with Crippen LogP contribution in [-0.4, -0.2) is 32.7 Å². The molecule has 0 aromatic rings. The van der Waals surface area contributed by atoms with Crippen LogP contribution in [0, 0.1) is 5.41 Å². The third-order valence-corrected chi connectivity index (χ3v) is 5.71. The molecule has 128 valence electrons. The molecule has 5 nitrogen and oxygen atoms in total. The van der Waals surface area contributed by atoms with E-state index in [1.807, 2.05) is 13.8 Å². The molecule has 23 heavy (non-hydrogen) atoms.